The maximum absolute atomic E-state index is 12.4. The average Bonchev–Trinajstić information content (AvgIpc) is 3.02. The molecule has 0 aliphatic carbocycles. The summed E-state index contributed by atoms with van der Waals surface area (Å²) in [5.74, 6) is -0.436. The van der Waals surface area contributed by atoms with Crippen molar-refractivity contribution in [2.24, 2.45) is 0 Å². The Morgan fingerprint density at radius 3 is 2.54 bits per heavy atom. The van der Waals surface area contributed by atoms with E-state index >= 15 is 0 Å². The molecular weight excluding hydrogens is 330 g/mol. The van der Waals surface area contributed by atoms with Gasteiger partial charge in [0.25, 0.3) is 5.91 Å². The molecule has 7 heteroatoms. The van der Waals surface area contributed by atoms with Crippen molar-refractivity contribution in [2.45, 2.75) is 20.4 Å². The molecule has 2 amide bonds. The van der Waals surface area contributed by atoms with Crippen molar-refractivity contribution < 1.29 is 9.59 Å². The molecule has 7 nitrogen and oxygen atoms in total. The Balaban J connectivity index is 1.69. The number of benzene rings is 2. The first-order valence-electron chi connectivity index (χ1n) is 8.17. The second-order valence-corrected chi connectivity index (χ2v) is 5.82. The van der Waals surface area contributed by atoms with E-state index in [-0.39, 0.29) is 17.5 Å². The monoisotopic (exact) mass is 349 g/mol. The number of aromatic nitrogens is 3. The third-order valence-corrected chi connectivity index (χ3v) is 3.68. The number of rotatable bonds is 5. The number of amides is 2. The van der Waals surface area contributed by atoms with Gasteiger partial charge in [0.2, 0.25) is 5.91 Å². The Bertz CT molecular complexity index is 934. The van der Waals surface area contributed by atoms with Gasteiger partial charge in [-0.2, -0.15) is 9.90 Å². The van der Waals surface area contributed by atoms with Gasteiger partial charge in [-0.15, -0.1) is 5.10 Å². The predicted octanol–water partition coefficient (Wildman–Crippen LogP) is 2.46. The van der Waals surface area contributed by atoms with Crippen LogP contribution in [-0.4, -0.2) is 26.8 Å². The van der Waals surface area contributed by atoms with E-state index in [4.69, 9.17) is 0 Å². The van der Waals surface area contributed by atoms with E-state index in [1.54, 1.807) is 13.0 Å². The molecular formula is C19H19N5O2. The lowest BCUT2D eigenvalue weighted by Crippen LogP contribution is -2.24. The summed E-state index contributed by atoms with van der Waals surface area (Å²) in [7, 11) is 0. The van der Waals surface area contributed by atoms with Gasteiger partial charge >= 0.3 is 0 Å². The van der Waals surface area contributed by atoms with Gasteiger partial charge in [0, 0.05) is 19.2 Å². The number of para-hydroxylation sites is 1. The zero-order valence-corrected chi connectivity index (χ0v) is 14.6. The van der Waals surface area contributed by atoms with Crippen molar-refractivity contribution in [1.82, 2.24) is 20.3 Å². The third-order valence-electron chi connectivity index (χ3n) is 3.68. The lowest BCUT2D eigenvalue weighted by atomic mass is 10.2. The number of nitrogens with zero attached hydrogens (tertiary/aromatic N) is 3. The topological polar surface area (TPSA) is 88.9 Å². The number of nitrogens with one attached hydrogen (secondary N) is 2. The fourth-order valence-corrected chi connectivity index (χ4v) is 2.49. The van der Waals surface area contributed by atoms with Crippen molar-refractivity contribution in [2.75, 3.05) is 5.32 Å². The molecule has 0 spiro atoms. The van der Waals surface area contributed by atoms with Gasteiger partial charge < -0.3 is 10.6 Å². The van der Waals surface area contributed by atoms with Crippen LogP contribution in [-0.2, 0) is 11.3 Å². The highest BCUT2D eigenvalue weighted by Crippen LogP contribution is 2.11. The van der Waals surface area contributed by atoms with Crippen LogP contribution < -0.4 is 10.6 Å². The van der Waals surface area contributed by atoms with E-state index < -0.39 is 0 Å². The van der Waals surface area contributed by atoms with Crippen LogP contribution in [0.15, 0.2) is 54.6 Å². The van der Waals surface area contributed by atoms with Crippen LogP contribution in [0.4, 0.5) is 5.69 Å². The van der Waals surface area contributed by atoms with Crippen molar-refractivity contribution >= 4 is 17.5 Å². The Hall–Kier alpha value is -3.48. The first-order valence-corrected chi connectivity index (χ1v) is 8.17. The minimum atomic E-state index is -0.297. The quantitative estimate of drug-likeness (QED) is 0.740. The van der Waals surface area contributed by atoms with Crippen molar-refractivity contribution in [3.8, 4) is 5.69 Å². The fourth-order valence-electron chi connectivity index (χ4n) is 2.49. The Morgan fingerprint density at radius 2 is 1.81 bits per heavy atom. The zero-order chi connectivity index (χ0) is 18.5. The van der Waals surface area contributed by atoms with Gasteiger partial charge in [-0.3, -0.25) is 9.59 Å². The predicted molar refractivity (Wildman–Crippen MR) is 98.0 cm³/mol. The van der Waals surface area contributed by atoms with E-state index in [2.05, 4.69) is 20.8 Å². The Morgan fingerprint density at radius 1 is 1.04 bits per heavy atom. The van der Waals surface area contributed by atoms with Crippen molar-refractivity contribution in [1.29, 1.82) is 0 Å². The lowest BCUT2D eigenvalue weighted by Gasteiger charge is -2.07. The number of hydrogen-bond donors (Lipinski definition) is 2. The maximum Gasteiger partial charge on any atom is 0.274 e. The summed E-state index contributed by atoms with van der Waals surface area (Å²) >= 11 is 0. The summed E-state index contributed by atoms with van der Waals surface area (Å²) in [6.07, 6.45) is 0. The molecule has 3 aromatic rings. The molecule has 0 unspecified atom stereocenters. The average molecular weight is 349 g/mol. The van der Waals surface area contributed by atoms with E-state index in [1.807, 2.05) is 48.5 Å². The fraction of sp³-hybridized carbons (Fsp3) is 0.158. The third kappa shape index (κ3) is 4.13. The smallest absolute Gasteiger partial charge is 0.274 e. The molecule has 132 valence electrons. The Labute approximate surface area is 151 Å². The lowest BCUT2D eigenvalue weighted by molar-refractivity contribution is -0.114. The SMILES string of the molecule is CC(=O)Nc1cccc(CNC(=O)c2nn(-c3ccccc3)nc2C)c1. The number of anilines is 1. The molecule has 1 aromatic heterocycles. The van der Waals surface area contributed by atoms with Crippen molar-refractivity contribution in [3.05, 3.63) is 71.5 Å². The molecule has 0 fully saturated rings. The highest BCUT2D eigenvalue weighted by molar-refractivity contribution is 5.93. The summed E-state index contributed by atoms with van der Waals surface area (Å²) < 4.78 is 0. The van der Waals surface area contributed by atoms with Crippen LogP contribution in [0.3, 0.4) is 0 Å². The minimum absolute atomic E-state index is 0.140. The molecule has 0 radical (unpaired) electrons. The van der Waals surface area contributed by atoms with Crippen LogP contribution >= 0.6 is 0 Å². The first kappa shape index (κ1) is 17.3. The molecule has 0 atom stereocenters. The van der Waals surface area contributed by atoms with Gasteiger partial charge in [0.05, 0.1) is 11.4 Å². The molecule has 2 aromatic carbocycles. The van der Waals surface area contributed by atoms with Gasteiger partial charge in [-0.1, -0.05) is 30.3 Å². The molecule has 0 aliphatic heterocycles. The van der Waals surface area contributed by atoms with Crippen LogP contribution in [0.1, 0.15) is 28.7 Å². The van der Waals surface area contributed by atoms with Gasteiger partial charge in [0.1, 0.15) is 0 Å². The van der Waals surface area contributed by atoms with E-state index in [0.29, 0.717) is 17.9 Å². The largest absolute Gasteiger partial charge is 0.347 e. The number of carbonyl (C=O) groups excluding carboxylic acids is 2. The van der Waals surface area contributed by atoms with Crippen LogP contribution in [0.25, 0.3) is 5.69 Å². The molecule has 0 saturated carbocycles. The normalized spacial score (nSPS) is 10.4. The van der Waals surface area contributed by atoms with Crippen LogP contribution in [0, 0.1) is 6.92 Å². The zero-order valence-electron chi connectivity index (χ0n) is 14.6. The standard InChI is InChI=1S/C19H19N5O2/c1-13-18(23-24(22-13)17-9-4-3-5-10-17)19(26)20-12-15-7-6-8-16(11-15)21-14(2)25/h3-11H,12H2,1-2H3,(H,20,26)(H,21,25). The van der Waals surface area contributed by atoms with Gasteiger partial charge in [0.15, 0.2) is 5.69 Å². The maximum atomic E-state index is 12.4. The first-order chi connectivity index (χ1) is 12.5. The summed E-state index contributed by atoms with van der Waals surface area (Å²) in [6, 6.07) is 16.7. The summed E-state index contributed by atoms with van der Waals surface area (Å²) in [6.45, 7) is 3.52. The Kier molecular flexibility index (Phi) is 5.07. The molecule has 0 bridgehead atoms. The molecule has 0 aliphatic rings. The van der Waals surface area contributed by atoms with E-state index in [9.17, 15) is 9.59 Å². The molecule has 3 rings (SSSR count). The van der Waals surface area contributed by atoms with Crippen LogP contribution in [0.2, 0.25) is 0 Å². The minimum Gasteiger partial charge on any atom is -0.347 e. The van der Waals surface area contributed by atoms with Crippen molar-refractivity contribution in [3.63, 3.8) is 0 Å². The second-order valence-electron chi connectivity index (χ2n) is 5.82. The molecule has 26 heavy (non-hydrogen) atoms. The number of hydrogen-bond acceptors (Lipinski definition) is 4. The summed E-state index contributed by atoms with van der Waals surface area (Å²) in [4.78, 5) is 25.0. The summed E-state index contributed by atoms with van der Waals surface area (Å²) in [5, 5.41) is 14.1. The molecule has 1 heterocycles. The van der Waals surface area contributed by atoms with Crippen LogP contribution in [0.5, 0.6) is 0 Å². The molecule has 0 saturated heterocycles. The van der Waals surface area contributed by atoms with E-state index in [1.165, 1.54) is 11.7 Å². The highest BCUT2D eigenvalue weighted by atomic mass is 16.2. The van der Waals surface area contributed by atoms with Gasteiger partial charge in [-0.05, 0) is 36.8 Å². The summed E-state index contributed by atoms with van der Waals surface area (Å²) in [5.41, 5.74) is 3.19. The number of carbonyl (C=O) groups is 2. The van der Waals surface area contributed by atoms with E-state index in [0.717, 1.165) is 11.3 Å². The second kappa shape index (κ2) is 7.60. The highest BCUT2D eigenvalue weighted by Gasteiger charge is 2.16. The number of aryl methyl sites for hydroxylation is 1. The van der Waals surface area contributed by atoms with Gasteiger partial charge in [-0.25, -0.2) is 0 Å². The molecule has 2 N–H and O–H groups in total.